The van der Waals surface area contributed by atoms with E-state index in [2.05, 4.69) is 4.98 Å². The summed E-state index contributed by atoms with van der Waals surface area (Å²) in [5.41, 5.74) is 2.52. The zero-order chi connectivity index (χ0) is 22.2. The fraction of sp³-hybridized carbons (Fsp3) is 0.333. The quantitative estimate of drug-likeness (QED) is 0.394. The Morgan fingerprint density at radius 2 is 1.91 bits per heavy atom. The molecule has 0 aliphatic carbocycles. The molecule has 0 aliphatic rings. The molecule has 0 N–H and O–H groups in total. The maximum Gasteiger partial charge on any atom is 1.00 e. The number of carboxylic acid groups (broad SMARTS) is 1. The zero-order valence-electron chi connectivity index (χ0n) is 18.9. The number of aliphatic carboxylic acids is 1. The molecule has 0 saturated carbocycles. The molecule has 3 aromatic rings. The maximum atomic E-state index is 11.2. The van der Waals surface area contributed by atoms with Crippen molar-refractivity contribution in [3.05, 3.63) is 65.5 Å². The molecule has 0 radical (unpaired) electrons. The molecule has 8 heteroatoms. The molecule has 1 aromatic heterocycles. The van der Waals surface area contributed by atoms with Crippen molar-refractivity contribution >= 4 is 5.97 Å². The first-order valence-corrected chi connectivity index (χ1v) is 10.2. The number of benzene rings is 2. The average Bonchev–Trinajstić information content (AvgIpc) is 3.15. The van der Waals surface area contributed by atoms with Gasteiger partial charge in [-0.15, -0.1) is 0 Å². The van der Waals surface area contributed by atoms with E-state index in [0.717, 1.165) is 22.6 Å². The summed E-state index contributed by atoms with van der Waals surface area (Å²) in [5, 5.41) is 11.2. The van der Waals surface area contributed by atoms with Crippen LogP contribution in [0.1, 0.15) is 23.9 Å². The Bertz CT molecular complexity index is 1000. The normalized spacial score (nSPS) is 11.5. The van der Waals surface area contributed by atoms with Crippen LogP contribution in [0.2, 0.25) is 0 Å². The molecular weight excluding hydrogens is 405 g/mol. The average molecular weight is 431 g/mol. The van der Waals surface area contributed by atoms with Crippen molar-refractivity contribution in [2.24, 2.45) is 0 Å². The minimum Gasteiger partial charge on any atom is -0.547 e. The van der Waals surface area contributed by atoms with E-state index >= 15 is 0 Å². The first-order valence-electron chi connectivity index (χ1n) is 10.2. The summed E-state index contributed by atoms with van der Waals surface area (Å²) in [6.45, 7) is 4.31. The number of hydrogen-bond donors (Lipinski definition) is 0. The number of ether oxygens (including phenoxy) is 3. The van der Waals surface area contributed by atoms with Gasteiger partial charge in [0, 0.05) is 25.0 Å². The van der Waals surface area contributed by atoms with Gasteiger partial charge in [-0.25, -0.2) is 4.98 Å². The van der Waals surface area contributed by atoms with Gasteiger partial charge >= 0.3 is 18.9 Å². The minimum atomic E-state index is -1.24. The van der Waals surface area contributed by atoms with Crippen molar-refractivity contribution < 1.29 is 47.4 Å². The van der Waals surface area contributed by atoms with Gasteiger partial charge in [-0.3, -0.25) is 0 Å². The summed E-state index contributed by atoms with van der Waals surface area (Å²) in [6, 6.07) is 15.0. The Morgan fingerprint density at radius 1 is 1.16 bits per heavy atom. The second-order valence-corrected chi connectivity index (χ2v) is 6.94. The van der Waals surface area contributed by atoms with Gasteiger partial charge in [-0.2, -0.15) is 0 Å². The third kappa shape index (κ3) is 6.64. The molecule has 0 fully saturated rings. The number of nitrogens with zero attached hydrogens (tertiary/aromatic N) is 1. The molecule has 32 heavy (non-hydrogen) atoms. The molecular formula is C24H26LiNO6. The van der Waals surface area contributed by atoms with Gasteiger partial charge in [0.15, 0.2) is 11.5 Å². The van der Waals surface area contributed by atoms with Gasteiger partial charge in [-0.05, 0) is 43.7 Å². The van der Waals surface area contributed by atoms with Crippen molar-refractivity contribution in [3.8, 4) is 23.0 Å². The van der Waals surface area contributed by atoms with Gasteiger partial charge < -0.3 is 28.5 Å². The number of carbonyl (C=O) groups excluding carboxylic acids is 1. The van der Waals surface area contributed by atoms with E-state index in [9.17, 15) is 9.90 Å². The summed E-state index contributed by atoms with van der Waals surface area (Å²) < 4.78 is 22.3. The van der Waals surface area contributed by atoms with E-state index in [1.807, 2.05) is 37.3 Å². The second-order valence-electron chi connectivity index (χ2n) is 6.94. The van der Waals surface area contributed by atoms with Gasteiger partial charge in [0.1, 0.15) is 11.9 Å². The molecule has 2 aromatic carbocycles. The number of methoxy groups -OCH3 is 1. The molecule has 0 saturated heterocycles. The molecule has 164 valence electrons. The van der Waals surface area contributed by atoms with Gasteiger partial charge in [-0.1, -0.05) is 24.3 Å². The van der Waals surface area contributed by atoms with Crippen molar-refractivity contribution in [2.45, 2.75) is 32.8 Å². The Morgan fingerprint density at radius 3 is 2.56 bits per heavy atom. The van der Waals surface area contributed by atoms with Crippen molar-refractivity contribution in [3.63, 3.8) is 0 Å². The predicted octanol–water partition coefficient (Wildman–Crippen LogP) is -0.0184. The third-order valence-corrected chi connectivity index (χ3v) is 4.79. The van der Waals surface area contributed by atoms with Crippen molar-refractivity contribution in [2.75, 3.05) is 20.3 Å². The molecule has 0 spiro atoms. The van der Waals surface area contributed by atoms with Crippen molar-refractivity contribution in [1.82, 2.24) is 4.98 Å². The van der Waals surface area contributed by atoms with Gasteiger partial charge in [0.25, 0.3) is 0 Å². The van der Waals surface area contributed by atoms with Crippen LogP contribution in [-0.4, -0.2) is 37.4 Å². The standard InChI is InChI=1S/C24H27NO6.Li/c1-4-29-22(24(26)27)15-17-10-11-20(21(14-17)28-3)30-13-12-19-16(2)31-23(25-19)18-8-6-5-7-9-18;/h5-11,14,22H,4,12-13,15H2,1-3H3,(H,26,27);/q;+1/p-1. The van der Waals surface area contributed by atoms with E-state index in [1.54, 1.807) is 32.2 Å². The Labute approximate surface area is 199 Å². The first-order chi connectivity index (χ1) is 15.0. The Balaban J connectivity index is 0.00000363. The first kappa shape index (κ1) is 25.5. The van der Waals surface area contributed by atoms with Crippen LogP contribution in [0.25, 0.3) is 11.5 Å². The molecule has 1 unspecified atom stereocenters. The maximum absolute atomic E-state index is 11.2. The number of aryl methyl sites for hydroxylation is 1. The van der Waals surface area contributed by atoms with Crippen LogP contribution >= 0.6 is 0 Å². The van der Waals surface area contributed by atoms with E-state index < -0.39 is 12.1 Å². The predicted molar refractivity (Wildman–Crippen MR) is 113 cm³/mol. The smallest absolute Gasteiger partial charge is 0.547 e. The largest absolute Gasteiger partial charge is 1.00 e. The number of hydrogen-bond acceptors (Lipinski definition) is 7. The topological polar surface area (TPSA) is 93.8 Å². The summed E-state index contributed by atoms with van der Waals surface area (Å²) in [7, 11) is 1.54. The number of carboxylic acids is 1. The number of carbonyl (C=O) groups is 1. The Hall–Kier alpha value is -2.72. The van der Waals surface area contributed by atoms with Crippen LogP contribution in [0.15, 0.2) is 52.9 Å². The van der Waals surface area contributed by atoms with E-state index in [-0.39, 0.29) is 25.3 Å². The molecule has 1 atom stereocenters. The number of aromatic nitrogens is 1. The summed E-state index contributed by atoms with van der Waals surface area (Å²) in [5.74, 6) is 1.20. The monoisotopic (exact) mass is 431 g/mol. The molecule has 0 bridgehead atoms. The van der Waals surface area contributed by atoms with Crippen LogP contribution in [0.3, 0.4) is 0 Å². The third-order valence-electron chi connectivity index (χ3n) is 4.79. The number of rotatable bonds is 11. The summed E-state index contributed by atoms with van der Waals surface area (Å²) >= 11 is 0. The van der Waals surface area contributed by atoms with Gasteiger partial charge in [0.05, 0.1) is 25.4 Å². The van der Waals surface area contributed by atoms with E-state index in [1.165, 1.54) is 0 Å². The van der Waals surface area contributed by atoms with Crippen LogP contribution in [0, 0.1) is 6.92 Å². The van der Waals surface area contributed by atoms with Crippen LogP contribution < -0.4 is 33.4 Å². The Kier molecular flexibility index (Phi) is 9.85. The minimum absolute atomic E-state index is 0. The molecule has 0 amide bonds. The summed E-state index contributed by atoms with van der Waals surface area (Å²) in [6.07, 6.45) is -0.243. The molecule has 1 heterocycles. The molecule has 3 rings (SSSR count). The molecule has 7 nitrogen and oxygen atoms in total. The zero-order valence-corrected chi connectivity index (χ0v) is 18.9. The second kappa shape index (κ2) is 12.3. The number of oxazole rings is 1. The van der Waals surface area contributed by atoms with Gasteiger partial charge in [0.2, 0.25) is 5.89 Å². The molecule has 0 aliphatic heterocycles. The van der Waals surface area contributed by atoms with Crippen LogP contribution in [-0.2, 0) is 22.4 Å². The van der Waals surface area contributed by atoms with Crippen LogP contribution in [0.5, 0.6) is 11.5 Å². The SMILES string of the molecule is CCOC(Cc1ccc(OCCc2nc(-c3ccccc3)oc2C)c(OC)c1)C(=O)[O-].[Li+]. The van der Waals surface area contributed by atoms with Crippen molar-refractivity contribution in [1.29, 1.82) is 0 Å². The van der Waals surface area contributed by atoms with Crippen LogP contribution in [0.4, 0.5) is 0 Å². The van der Waals surface area contributed by atoms with E-state index in [4.69, 9.17) is 18.6 Å². The fourth-order valence-corrected chi connectivity index (χ4v) is 3.21. The summed E-state index contributed by atoms with van der Waals surface area (Å²) in [4.78, 5) is 15.8. The fourth-order valence-electron chi connectivity index (χ4n) is 3.21. The van der Waals surface area contributed by atoms with E-state index in [0.29, 0.717) is 37.0 Å².